The molecule has 0 bridgehead atoms. The first-order chi connectivity index (χ1) is 4.93. The van der Waals surface area contributed by atoms with Crippen molar-refractivity contribution in [2.75, 3.05) is 0 Å². The molecule has 0 atom stereocenters. The molecule has 1 aromatic rings. The quantitative estimate of drug-likeness (QED) is 0.630. The first-order valence-electron chi connectivity index (χ1n) is 3.38. The second-order valence-electron chi connectivity index (χ2n) is 1.40. The van der Waals surface area contributed by atoms with Crippen molar-refractivity contribution < 1.29 is 0 Å². The summed E-state index contributed by atoms with van der Waals surface area (Å²) in [5, 5.41) is 0. The van der Waals surface area contributed by atoms with E-state index in [1.165, 1.54) is 6.33 Å². The van der Waals surface area contributed by atoms with E-state index in [1.807, 2.05) is 13.8 Å². The molecule has 2 N–H and O–H groups in total. The Bertz CT molecular complexity index is 150. The molecule has 0 radical (unpaired) electrons. The summed E-state index contributed by atoms with van der Waals surface area (Å²) in [5.41, 5.74) is 6.13. The molecule has 0 unspecified atom stereocenters. The summed E-state index contributed by atoms with van der Waals surface area (Å²) in [6.45, 7) is 4.49. The molecule has 0 spiro atoms. The van der Waals surface area contributed by atoms with Gasteiger partial charge in [0, 0.05) is 12.7 Å². The summed E-state index contributed by atoms with van der Waals surface area (Å²) in [7, 11) is 0. The molecule has 3 nitrogen and oxygen atoms in total. The van der Waals surface area contributed by atoms with Gasteiger partial charge in [-0.3, -0.25) is 0 Å². The summed E-state index contributed by atoms with van der Waals surface area (Å²) in [6.07, 6.45) is 3.16. The van der Waals surface area contributed by atoms with Gasteiger partial charge in [-0.2, -0.15) is 0 Å². The summed E-state index contributed by atoms with van der Waals surface area (Å²) in [6, 6.07) is 1.79. The van der Waals surface area contributed by atoms with Crippen LogP contribution in [0.3, 0.4) is 0 Å². The van der Waals surface area contributed by atoms with Crippen LogP contribution in [0.4, 0.5) is 0 Å². The Morgan fingerprint density at radius 1 is 1.50 bits per heavy atom. The summed E-state index contributed by atoms with van der Waals surface area (Å²) < 4.78 is 0. The highest BCUT2D eigenvalue weighted by Gasteiger charge is 1.82. The van der Waals surface area contributed by atoms with E-state index in [1.54, 1.807) is 12.3 Å². The molecule has 0 saturated carbocycles. The van der Waals surface area contributed by atoms with Crippen molar-refractivity contribution in [3.63, 3.8) is 0 Å². The monoisotopic (exact) mass is 139 g/mol. The molecule has 0 saturated heterocycles. The molecule has 0 aromatic carbocycles. The molecule has 0 aliphatic rings. The van der Waals surface area contributed by atoms with Crippen molar-refractivity contribution in [3.8, 4) is 0 Å². The SMILES string of the molecule is CC.NCc1ccncn1. The van der Waals surface area contributed by atoms with Gasteiger partial charge in [0.15, 0.2) is 0 Å². The number of hydrogen-bond acceptors (Lipinski definition) is 3. The molecule has 3 heteroatoms. The van der Waals surface area contributed by atoms with Gasteiger partial charge in [0.2, 0.25) is 0 Å². The predicted octanol–water partition coefficient (Wildman–Crippen LogP) is 0.962. The van der Waals surface area contributed by atoms with Gasteiger partial charge < -0.3 is 5.73 Å². The normalized spacial score (nSPS) is 7.90. The summed E-state index contributed by atoms with van der Waals surface area (Å²) >= 11 is 0. The van der Waals surface area contributed by atoms with Crippen LogP contribution in [0.25, 0.3) is 0 Å². The van der Waals surface area contributed by atoms with Crippen LogP contribution in [0.2, 0.25) is 0 Å². The Morgan fingerprint density at radius 3 is 2.50 bits per heavy atom. The zero-order valence-electron chi connectivity index (χ0n) is 6.41. The predicted molar refractivity (Wildman–Crippen MR) is 41.3 cm³/mol. The van der Waals surface area contributed by atoms with Crippen molar-refractivity contribution in [1.29, 1.82) is 0 Å². The second kappa shape index (κ2) is 6.16. The Balaban J connectivity index is 0.000000371. The highest BCUT2D eigenvalue weighted by Crippen LogP contribution is 1.84. The van der Waals surface area contributed by atoms with Crippen LogP contribution in [-0.4, -0.2) is 9.97 Å². The van der Waals surface area contributed by atoms with E-state index in [-0.39, 0.29) is 0 Å². The number of nitrogens with two attached hydrogens (primary N) is 1. The van der Waals surface area contributed by atoms with Crippen molar-refractivity contribution in [2.24, 2.45) is 5.73 Å². The number of nitrogens with zero attached hydrogens (tertiary/aromatic N) is 2. The van der Waals surface area contributed by atoms with Gasteiger partial charge in [-0.25, -0.2) is 9.97 Å². The standard InChI is InChI=1S/C5H7N3.C2H6/c6-3-5-1-2-7-4-8-5;1-2/h1-2,4H,3,6H2;1-2H3. The van der Waals surface area contributed by atoms with Crippen LogP contribution in [-0.2, 0) is 6.54 Å². The average molecular weight is 139 g/mol. The highest BCUT2D eigenvalue weighted by molar-refractivity contribution is 4.95. The van der Waals surface area contributed by atoms with Crippen LogP contribution in [0, 0.1) is 0 Å². The molecule has 10 heavy (non-hydrogen) atoms. The van der Waals surface area contributed by atoms with Crippen LogP contribution >= 0.6 is 0 Å². The Morgan fingerprint density at radius 2 is 2.20 bits per heavy atom. The molecule has 0 aliphatic heterocycles. The van der Waals surface area contributed by atoms with Crippen LogP contribution in [0.15, 0.2) is 18.6 Å². The van der Waals surface area contributed by atoms with Gasteiger partial charge in [0.25, 0.3) is 0 Å². The van der Waals surface area contributed by atoms with E-state index in [0.29, 0.717) is 6.54 Å². The minimum absolute atomic E-state index is 0.489. The first-order valence-corrected chi connectivity index (χ1v) is 3.38. The fourth-order valence-electron chi connectivity index (χ4n) is 0.439. The fraction of sp³-hybridized carbons (Fsp3) is 0.429. The Labute approximate surface area is 61.3 Å². The van der Waals surface area contributed by atoms with Crippen molar-refractivity contribution >= 4 is 0 Å². The maximum atomic E-state index is 5.26. The smallest absolute Gasteiger partial charge is 0.115 e. The van der Waals surface area contributed by atoms with Crippen LogP contribution < -0.4 is 5.73 Å². The fourth-order valence-corrected chi connectivity index (χ4v) is 0.439. The maximum Gasteiger partial charge on any atom is 0.115 e. The van der Waals surface area contributed by atoms with Crippen LogP contribution in [0.1, 0.15) is 19.5 Å². The molecule has 0 fully saturated rings. The van der Waals surface area contributed by atoms with E-state index in [9.17, 15) is 0 Å². The van der Waals surface area contributed by atoms with Gasteiger partial charge >= 0.3 is 0 Å². The molecule has 56 valence electrons. The molecule has 1 rings (SSSR count). The third-order valence-corrected chi connectivity index (χ3v) is 0.852. The van der Waals surface area contributed by atoms with Gasteiger partial charge in [-0.05, 0) is 6.07 Å². The van der Waals surface area contributed by atoms with E-state index in [0.717, 1.165) is 5.69 Å². The third kappa shape index (κ3) is 3.14. The lowest BCUT2D eigenvalue weighted by atomic mass is 10.4. The highest BCUT2D eigenvalue weighted by atomic mass is 14.8. The summed E-state index contributed by atoms with van der Waals surface area (Å²) in [5.74, 6) is 0. The Hall–Kier alpha value is -0.960. The topological polar surface area (TPSA) is 51.8 Å². The number of rotatable bonds is 1. The second-order valence-corrected chi connectivity index (χ2v) is 1.40. The van der Waals surface area contributed by atoms with Gasteiger partial charge in [0.1, 0.15) is 6.33 Å². The zero-order valence-corrected chi connectivity index (χ0v) is 6.41. The number of hydrogen-bond donors (Lipinski definition) is 1. The molecule has 1 aromatic heterocycles. The van der Waals surface area contributed by atoms with Gasteiger partial charge in [0.05, 0.1) is 5.69 Å². The molecule has 0 aliphatic carbocycles. The summed E-state index contributed by atoms with van der Waals surface area (Å²) in [4.78, 5) is 7.59. The molecular weight excluding hydrogens is 126 g/mol. The van der Waals surface area contributed by atoms with Gasteiger partial charge in [-0.15, -0.1) is 0 Å². The average Bonchev–Trinajstić information content (AvgIpc) is 2.10. The lowest BCUT2D eigenvalue weighted by Crippen LogP contribution is -1.98. The Kier molecular flexibility index (Phi) is 5.57. The van der Waals surface area contributed by atoms with E-state index >= 15 is 0 Å². The lowest BCUT2D eigenvalue weighted by molar-refractivity contribution is 0.964. The third-order valence-electron chi connectivity index (χ3n) is 0.852. The minimum Gasteiger partial charge on any atom is -0.325 e. The van der Waals surface area contributed by atoms with E-state index in [2.05, 4.69) is 9.97 Å². The number of aromatic nitrogens is 2. The first kappa shape index (κ1) is 9.04. The van der Waals surface area contributed by atoms with Crippen molar-refractivity contribution in [1.82, 2.24) is 9.97 Å². The van der Waals surface area contributed by atoms with Gasteiger partial charge in [-0.1, -0.05) is 13.8 Å². The van der Waals surface area contributed by atoms with E-state index in [4.69, 9.17) is 5.73 Å². The van der Waals surface area contributed by atoms with Crippen LogP contribution in [0.5, 0.6) is 0 Å². The molecule has 1 heterocycles. The van der Waals surface area contributed by atoms with Crippen molar-refractivity contribution in [3.05, 3.63) is 24.3 Å². The molecular formula is C7H13N3. The largest absolute Gasteiger partial charge is 0.325 e. The maximum absolute atomic E-state index is 5.26. The van der Waals surface area contributed by atoms with Crippen molar-refractivity contribution in [2.45, 2.75) is 20.4 Å². The zero-order chi connectivity index (χ0) is 7.82. The van der Waals surface area contributed by atoms with E-state index < -0.39 is 0 Å². The lowest BCUT2D eigenvalue weighted by Gasteiger charge is -1.88. The molecule has 0 amide bonds. The minimum atomic E-state index is 0.489.